The maximum absolute atomic E-state index is 12.9. The van der Waals surface area contributed by atoms with Gasteiger partial charge >= 0.3 is 0 Å². The van der Waals surface area contributed by atoms with E-state index in [-0.39, 0.29) is 10.8 Å². The molecular formula is C19H23N3O4S. The van der Waals surface area contributed by atoms with Crippen LogP contribution in [0.4, 0.5) is 5.69 Å². The van der Waals surface area contributed by atoms with Gasteiger partial charge in [0.1, 0.15) is 0 Å². The zero-order valence-corrected chi connectivity index (χ0v) is 16.0. The third-order valence-corrected chi connectivity index (χ3v) is 6.46. The molecule has 144 valence electrons. The zero-order valence-electron chi connectivity index (χ0n) is 15.2. The molecule has 0 saturated carbocycles. The molecule has 1 fully saturated rings. The summed E-state index contributed by atoms with van der Waals surface area (Å²) in [4.78, 5) is 16.5. The summed E-state index contributed by atoms with van der Waals surface area (Å²) in [6, 6.07) is 8.71. The Kier molecular flexibility index (Phi) is 6.20. The molecular weight excluding hydrogens is 366 g/mol. The van der Waals surface area contributed by atoms with E-state index in [1.165, 1.54) is 10.4 Å². The van der Waals surface area contributed by atoms with Gasteiger partial charge in [0, 0.05) is 37.6 Å². The number of carbonyl (C=O) groups excluding carboxylic acids is 1. The number of ether oxygens (including phenoxy) is 1. The van der Waals surface area contributed by atoms with Gasteiger partial charge in [0.2, 0.25) is 15.9 Å². The molecule has 0 atom stereocenters. The lowest BCUT2D eigenvalue weighted by atomic mass is 10.1. The van der Waals surface area contributed by atoms with E-state index in [2.05, 4.69) is 10.3 Å². The van der Waals surface area contributed by atoms with Crippen molar-refractivity contribution in [3.63, 3.8) is 0 Å². The minimum atomic E-state index is -3.61. The van der Waals surface area contributed by atoms with Gasteiger partial charge in [0.15, 0.2) is 0 Å². The number of amides is 1. The van der Waals surface area contributed by atoms with Gasteiger partial charge in [-0.3, -0.25) is 9.78 Å². The summed E-state index contributed by atoms with van der Waals surface area (Å²) in [6.07, 6.45) is 4.29. The number of aromatic nitrogens is 1. The number of morpholine rings is 1. The highest BCUT2D eigenvalue weighted by Crippen LogP contribution is 2.24. The molecule has 2 heterocycles. The molecule has 27 heavy (non-hydrogen) atoms. The van der Waals surface area contributed by atoms with Gasteiger partial charge in [-0.25, -0.2) is 8.42 Å². The molecule has 0 spiro atoms. The molecule has 0 radical (unpaired) electrons. The second kappa shape index (κ2) is 8.60. The van der Waals surface area contributed by atoms with E-state index in [9.17, 15) is 13.2 Å². The van der Waals surface area contributed by atoms with Crippen LogP contribution in [0, 0.1) is 6.92 Å². The Bertz CT molecular complexity index is 894. The number of hydrogen-bond donors (Lipinski definition) is 1. The first-order valence-electron chi connectivity index (χ1n) is 8.84. The predicted octanol–water partition coefficient (Wildman–Crippen LogP) is 1.98. The first-order chi connectivity index (χ1) is 13.0. The molecule has 1 aliphatic rings. The number of nitrogens with one attached hydrogen (secondary N) is 1. The Balaban J connectivity index is 1.70. The SMILES string of the molecule is Cc1ccc(NC(=O)CCc2cccnc2)cc1S(=O)(=O)N1CCOCC1. The van der Waals surface area contributed by atoms with Gasteiger partial charge in [0.25, 0.3) is 0 Å². The Labute approximate surface area is 159 Å². The second-order valence-corrected chi connectivity index (χ2v) is 8.31. The number of aryl methyl sites for hydroxylation is 2. The first kappa shape index (κ1) is 19.5. The Morgan fingerprint density at radius 1 is 1.26 bits per heavy atom. The summed E-state index contributed by atoms with van der Waals surface area (Å²) >= 11 is 0. The smallest absolute Gasteiger partial charge is 0.243 e. The normalized spacial score (nSPS) is 15.4. The van der Waals surface area contributed by atoms with Crippen molar-refractivity contribution in [2.45, 2.75) is 24.7 Å². The Morgan fingerprint density at radius 3 is 2.74 bits per heavy atom. The van der Waals surface area contributed by atoms with Crippen molar-refractivity contribution in [1.82, 2.24) is 9.29 Å². The van der Waals surface area contributed by atoms with E-state index < -0.39 is 10.0 Å². The standard InChI is InChI=1S/C19H23N3O4S/c1-15-4-6-17(21-19(23)7-5-16-3-2-8-20-14-16)13-18(15)27(24,25)22-9-11-26-12-10-22/h2-4,6,8,13-14H,5,7,9-12H2,1H3,(H,21,23). The van der Waals surface area contributed by atoms with E-state index >= 15 is 0 Å². The minimum absolute atomic E-state index is 0.169. The molecule has 1 aliphatic heterocycles. The summed E-state index contributed by atoms with van der Waals surface area (Å²) in [5, 5.41) is 2.79. The Hall–Kier alpha value is -2.29. The molecule has 3 rings (SSSR count). The summed E-state index contributed by atoms with van der Waals surface area (Å²) in [5.41, 5.74) is 2.10. The molecule has 1 N–H and O–H groups in total. The van der Waals surface area contributed by atoms with E-state index in [0.29, 0.717) is 50.4 Å². The number of hydrogen-bond acceptors (Lipinski definition) is 5. The summed E-state index contributed by atoms with van der Waals surface area (Å²) in [7, 11) is -3.61. The van der Waals surface area contributed by atoms with E-state index in [1.807, 2.05) is 12.1 Å². The molecule has 7 nitrogen and oxygen atoms in total. The fraction of sp³-hybridized carbons (Fsp3) is 0.368. The number of pyridine rings is 1. The number of sulfonamides is 1. The van der Waals surface area contributed by atoms with Crippen LogP contribution in [0.15, 0.2) is 47.6 Å². The highest BCUT2D eigenvalue weighted by molar-refractivity contribution is 7.89. The van der Waals surface area contributed by atoms with Crippen LogP contribution in [0.25, 0.3) is 0 Å². The van der Waals surface area contributed by atoms with Crippen molar-refractivity contribution in [3.05, 3.63) is 53.9 Å². The van der Waals surface area contributed by atoms with Gasteiger partial charge in [0.05, 0.1) is 18.1 Å². The highest BCUT2D eigenvalue weighted by Gasteiger charge is 2.28. The van der Waals surface area contributed by atoms with Crippen molar-refractivity contribution in [2.75, 3.05) is 31.6 Å². The molecule has 2 aromatic rings. The molecule has 0 aliphatic carbocycles. The predicted molar refractivity (Wildman–Crippen MR) is 102 cm³/mol. The number of carbonyl (C=O) groups is 1. The van der Waals surface area contributed by atoms with Crippen LogP contribution >= 0.6 is 0 Å². The van der Waals surface area contributed by atoms with Crippen LogP contribution in [0.1, 0.15) is 17.5 Å². The van der Waals surface area contributed by atoms with Crippen LogP contribution in [-0.4, -0.2) is 49.9 Å². The minimum Gasteiger partial charge on any atom is -0.379 e. The lowest BCUT2D eigenvalue weighted by Gasteiger charge is -2.26. The monoisotopic (exact) mass is 389 g/mol. The van der Waals surface area contributed by atoms with Gasteiger partial charge < -0.3 is 10.1 Å². The maximum atomic E-state index is 12.9. The zero-order chi connectivity index (χ0) is 19.3. The first-order valence-corrected chi connectivity index (χ1v) is 10.3. The maximum Gasteiger partial charge on any atom is 0.243 e. The van der Waals surface area contributed by atoms with E-state index in [0.717, 1.165) is 5.56 Å². The lowest BCUT2D eigenvalue weighted by Crippen LogP contribution is -2.40. The number of rotatable bonds is 6. The van der Waals surface area contributed by atoms with Crippen molar-refractivity contribution in [3.8, 4) is 0 Å². The van der Waals surface area contributed by atoms with Crippen molar-refractivity contribution in [1.29, 1.82) is 0 Å². The molecule has 1 aromatic carbocycles. The number of benzene rings is 1. The van der Waals surface area contributed by atoms with Crippen LogP contribution in [0.5, 0.6) is 0 Å². The van der Waals surface area contributed by atoms with Crippen molar-refractivity contribution < 1.29 is 17.9 Å². The molecule has 0 unspecified atom stereocenters. The molecule has 1 aromatic heterocycles. The Morgan fingerprint density at radius 2 is 2.04 bits per heavy atom. The van der Waals surface area contributed by atoms with Crippen molar-refractivity contribution >= 4 is 21.6 Å². The van der Waals surface area contributed by atoms with Gasteiger partial charge in [-0.05, 0) is 42.7 Å². The third-order valence-electron chi connectivity index (χ3n) is 4.42. The number of nitrogens with zero attached hydrogens (tertiary/aromatic N) is 2. The average Bonchev–Trinajstić information content (AvgIpc) is 2.69. The van der Waals surface area contributed by atoms with Crippen LogP contribution < -0.4 is 5.32 Å². The van der Waals surface area contributed by atoms with Crippen LogP contribution in [0.2, 0.25) is 0 Å². The molecule has 0 bridgehead atoms. The van der Waals surface area contributed by atoms with Gasteiger partial charge in [-0.15, -0.1) is 0 Å². The second-order valence-electron chi connectivity index (χ2n) is 6.41. The fourth-order valence-corrected chi connectivity index (χ4v) is 4.57. The van der Waals surface area contributed by atoms with Gasteiger partial charge in [-0.2, -0.15) is 4.31 Å². The van der Waals surface area contributed by atoms with Crippen LogP contribution in [-0.2, 0) is 26.0 Å². The van der Waals surface area contributed by atoms with Crippen LogP contribution in [0.3, 0.4) is 0 Å². The summed E-state index contributed by atoms with van der Waals surface area (Å²) in [5.74, 6) is -0.169. The molecule has 1 amide bonds. The van der Waals surface area contributed by atoms with E-state index in [1.54, 1.807) is 31.5 Å². The molecule has 8 heteroatoms. The van der Waals surface area contributed by atoms with Gasteiger partial charge in [-0.1, -0.05) is 12.1 Å². The summed E-state index contributed by atoms with van der Waals surface area (Å²) < 4.78 is 32.5. The fourth-order valence-electron chi connectivity index (χ4n) is 2.91. The van der Waals surface area contributed by atoms with E-state index in [4.69, 9.17) is 4.74 Å². The highest BCUT2D eigenvalue weighted by atomic mass is 32.2. The molecule has 1 saturated heterocycles. The largest absolute Gasteiger partial charge is 0.379 e. The lowest BCUT2D eigenvalue weighted by molar-refractivity contribution is -0.116. The number of anilines is 1. The third kappa shape index (κ3) is 4.91. The topological polar surface area (TPSA) is 88.6 Å². The van der Waals surface area contributed by atoms with Crippen molar-refractivity contribution in [2.24, 2.45) is 0 Å². The average molecular weight is 389 g/mol. The quantitative estimate of drug-likeness (QED) is 0.816. The summed E-state index contributed by atoms with van der Waals surface area (Å²) in [6.45, 7) is 3.21.